The Balaban J connectivity index is 1.48. The molecule has 0 aliphatic heterocycles. The molecule has 9 heteroatoms. The summed E-state index contributed by atoms with van der Waals surface area (Å²) in [7, 11) is 0. The van der Waals surface area contributed by atoms with Crippen molar-refractivity contribution in [3.63, 3.8) is 0 Å². The summed E-state index contributed by atoms with van der Waals surface area (Å²) >= 11 is 0. The van der Waals surface area contributed by atoms with E-state index in [4.69, 9.17) is 4.74 Å². The molecule has 0 saturated carbocycles. The number of fused-ring (bicyclic) bond motifs is 1. The summed E-state index contributed by atoms with van der Waals surface area (Å²) in [5.74, 6) is -2.95. The number of carbonyl (C=O) groups is 2. The standard InChI is InChI=1S/C21H19F2N3O4/c1-12(20(28)24-13-9-10-15(22)16(23)11-13)30-19(27)8-4-7-18-25-17-6-3-2-5-14(17)21(29)26-18/h2-3,5-6,9-12H,4,7-8H2,1H3,(H,24,28)(H,25,26,29)/t12-/m0/s1. The molecule has 30 heavy (non-hydrogen) atoms. The number of nitrogens with one attached hydrogen (secondary N) is 2. The van der Waals surface area contributed by atoms with E-state index >= 15 is 0 Å². The number of hydrogen-bond acceptors (Lipinski definition) is 5. The summed E-state index contributed by atoms with van der Waals surface area (Å²) in [6.07, 6.45) is -0.397. The summed E-state index contributed by atoms with van der Waals surface area (Å²) in [6.45, 7) is 1.37. The molecule has 7 nitrogen and oxygen atoms in total. The lowest BCUT2D eigenvalue weighted by atomic mass is 10.2. The first kappa shape index (κ1) is 21.1. The average molecular weight is 415 g/mol. The molecule has 3 rings (SSSR count). The number of H-pyrrole nitrogens is 1. The molecule has 3 aromatic rings. The molecular weight excluding hydrogens is 396 g/mol. The number of hydrogen-bond donors (Lipinski definition) is 2. The van der Waals surface area contributed by atoms with Crippen molar-refractivity contribution in [2.24, 2.45) is 0 Å². The predicted octanol–water partition coefficient (Wildman–Crippen LogP) is 3.09. The molecule has 0 saturated heterocycles. The number of aryl methyl sites for hydroxylation is 1. The molecule has 1 atom stereocenters. The topological polar surface area (TPSA) is 101 Å². The minimum absolute atomic E-state index is 0.0132. The van der Waals surface area contributed by atoms with E-state index in [0.717, 1.165) is 12.1 Å². The number of nitrogens with zero attached hydrogens (tertiary/aromatic N) is 1. The Morgan fingerprint density at radius 3 is 2.70 bits per heavy atom. The van der Waals surface area contributed by atoms with Gasteiger partial charge in [0, 0.05) is 24.6 Å². The molecule has 0 bridgehead atoms. The lowest BCUT2D eigenvalue weighted by Gasteiger charge is -2.13. The van der Waals surface area contributed by atoms with Crippen molar-refractivity contribution in [1.82, 2.24) is 9.97 Å². The Kier molecular flexibility index (Phi) is 6.51. The van der Waals surface area contributed by atoms with Gasteiger partial charge in [0.25, 0.3) is 11.5 Å². The zero-order chi connectivity index (χ0) is 21.7. The molecule has 1 amide bonds. The summed E-state index contributed by atoms with van der Waals surface area (Å²) in [5, 5.41) is 2.84. The zero-order valence-corrected chi connectivity index (χ0v) is 16.1. The van der Waals surface area contributed by atoms with Gasteiger partial charge in [-0.1, -0.05) is 12.1 Å². The van der Waals surface area contributed by atoms with E-state index in [9.17, 15) is 23.2 Å². The Bertz CT molecular complexity index is 1150. The number of aromatic nitrogens is 2. The number of benzene rings is 2. The molecule has 156 valence electrons. The number of aromatic amines is 1. The smallest absolute Gasteiger partial charge is 0.306 e. The van der Waals surface area contributed by atoms with Crippen molar-refractivity contribution in [3.05, 3.63) is 70.3 Å². The summed E-state index contributed by atoms with van der Waals surface area (Å²) in [5.41, 5.74) is 0.371. The molecule has 0 unspecified atom stereocenters. The van der Waals surface area contributed by atoms with Gasteiger partial charge >= 0.3 is 5.97 Å². The monoisotopic (exact) mass is 415 g/mol. The predicted molar refractivity (Wildman–Crippen MR) is 106 cm³/mol. The first-order valence-electron chi connectivity index (χ1n) is 9.27. The number of amides is 1. The van der Waals surface area contributed by atoms with Gasteiger partial charge in [0.2, 0.25) is 0 Å². The van der Waals surface area contributed by atoms with Crippen molar-refractivity contribution in [3.8, 4) is 0 Å². The van der Waals surface area contributed by atoms with E-state index in [1.807, 2.05) is 0 Å². The van der Waals surface area contributed by atoms with Gasteiger partial charge in [-0.3, -0.25) is 14.4 Å². The van der Waals surface area contributed by atoms with Crippen LogP contribution < -0.4 is 10.9 Å². The highest BCUT2D eigenvalue weighted by atomic mass is 19.2. The van der Waals surface area contributed by atoms with Crippen LogP contribution in [0.15, 0.2) is 47.3 Å². The quantitative estimate of drug-likeness (QED) is 0.578. The second kappa shape index (κ2) is 9.25. The van der Waals surface area contributed by atoms with Crippen molar-refractivity contribution < 1.29 is 23.1 Å². The molecule has 0 aliphatic carbocycles. The summed E-state index contributed by atoms with van der Waals surface area (Å²) in [4.78, 5) is 43.1. The molecule has 1 heterocycles. The lowest BCUT2D eigenvalue weighted by molar-refractivity contribution is -0.153. The highest BCUT2D eigenvalue weighted by Gasteiger charge is 2.18. The van der Waals surface area contributed by atoms with Crippen LogP contribution in [0.4, 0.5) is 14.5 Å². The minimum Gasteiger partial charge on any atom is -0.453 e. The van der Waals surface area contributed by atoms with Gasteiger partial charge in [-0.2, -0.15) is 0 Å². The van der Waals surface area contributed by atoms with Crippen LogP contribution in [0, 0.1) is 11.6 Å². The van der Waals surface area contributed by atoms with E-state index in [-0.39, 0.29) is 17.7 Å². The summed E-state index contributed by atoms with van der Waals surface area (Å²) in [6, 6.07) is 9.85. The van der Waals surface area contributed by atoms with Crippen LogP contribution in [-0.2, 0) is 20.7 Å². The lowest BCUT2D eigenvalue weighted by Crippen LogP contribution is -2.30. The Labute approximate surface area is 170 Å². The largest absolute Gasteiger partial charge is 0.453 e. The van der Waals surface area contributed by atoms with Gasteiger partial charge in [0.15, 0.2) is 17.7 Å². The fourth-order valence-electron chi connectivity index (χ4n) is 2.78. The van der Waals surface area contributed by atoms with Crippen molar-refractivity contribution in [1.29, 1.82) is 0 Å². The van der Waals surface area contributed by atoms with Crippen LogP contribution in [0.2, 0.25) is 0 Å². The SMILES string of the molecule is C[C@H](OC(=O)CCCc1nc2ccccc2c(=O)[nH]1)C(=O)Nc1ccc(F)c(F)c1. The first-order valence-corrected chi connectivity index (χ1v) is 9.27. The Morgan fingerprint density at radius 1 is 1.17 bits per heavy atom. The molecule has 0 aliphatic rings. The van der Waals surface area contributed by atoms with Gasteiger partial charge in [-0.25, -0.2) is 13.8 Å². The van der Waals surface area contributed by atoms with E-state index in [1.54, 1.807) is 24.3 Å². The molecule has 0 spiro atoms. The number of esters is 1. The van der Waals surface area contributed by atoms with E-state index in [0.29, 0.717) is 29.6 Å². The first-order chi connectivity index (χ1) is 14.3. The van der Waals surface area contributed by atoms with Crippen molar-refractivity contribution >= 4 is 28.5 Å². The van der Waals surface area contributed by atoms with Crippen LogP contribution in [0.5, 0.6) is 0 Å². The number of halogens is 2. The third kappa shape index (κ3) is 5.25. The molecule has 1 aromatic heterocycles. The minimum atomic E-state index is -1.12. The average Bonchev–Trinajstić information content (AvgIpc) is 2.70. The molecule has 2 N–H and O–H groups in total. The van der Waals surface area contributed by atoms with E-state index in [2.05, 4.69) is 15.3 Å². The van der Waals surface area contributed by atoms with Crippen molar-refractivity contribution in [2.45, 2.75) is 32.3 Å². The second-order valence-corrected chi connectivity index (χ2v) is 6.63. The Hall–Kier alpha value is -3.62. The van der Waals surface area contributed by atoms with Gasteiger partial charge in [0.1, 0.15) is 5.82 Å². The van der Waals surface area contributed by atoms with Crippen LogP contribution in [0.3, 0.4) is 0 Å². The van der Waals surface area contributed by atoms with Crippen molar-refractivity contribution in [2.75, 3.05) is 5.32 Å². The molecule has 0 radical (unpaired) electrons. The second-order valence-electron chi connectivity index (χ2n) is 6.63. The maximum atomic E-state index is 13.2. The van der Waals surface area contributed by atoms with Crippen LogP contribution in [-0.4, -0.2) is 27.9 Å². The fourth-order valence-corrected chi connectivity index (χ4v) is 2.78. The third-order valence-corrected chi connectivity index (χ3v) is 4.32. The van der Waals surface area contributed by atoms with Crippen LogP contribution in [0.25, 0.3) is 10.9 Å². The van der Waals surface area contributed by atoms with Crippen LogP contribution in [0.1, 0.15) is 25.6 Å². The number of carbonyl (C=O) groups excluding carboxylic acids is 2. The fraction of sp³-hybridized carbons (Fsp3) is 0.238. The van der Waals surface area contributed by atoms with Gasteiger partial charge in [0.05, 0.1) is 10.9 Å². The number of rotatable bonds is 7. The highest BCUT2D eigenvalue weighted by molar-refractivity contribution is 5.95. The summed E-state index contributed by atoms with van der Waals surface area (Å²) < 4.78 is 31.2. The number of para-hydroxylation sites is 1. The number of anilines is 1. The maximum absolute atomic E-state index is 13.2. The normalized spacial score (nSPS) is 11.8. The molecular formula is C21H19F2N3O4. The van der Waals surface area contributed by atoms with Crippen LogP contribution >= 0.6 is 0 Å². The number of ether oxygens (including phenoxy) is 1. The van der Waals surface area contributed by atoms with Gasteiger partial charge < -0.3 is 15.0 Å². The van der Waals surface area contributed by atoms with E-state index < -0.39 is 29.6 Å². The molecule has 0 fully saturated rings. The van der Waals surface area contributed by atoms with E-state index in [1.165, 1.54) is 13.0 Å². The van der Waals surface area contributed by atoms with Gasteiger partial charge in [-0.05, 0) is 37.6 Å². The molecule has 2 aromatic carbocycles. The highest BCUT2D eigenvalue weighted by Crippen LogP contribution is 2.14. The Morgan fingerprint density at radius 2 is 1.93 bits per heavy atom. The third-order valence-electron chi connectivity index (χ3n) is 4.32. The zero-order valence-electron chi connectivity index (χ0n) is 16.1. The maximum Gasteiger partial charge on any atom is 0.306 e. The van der Waals surface area contributed by atoms with Gasteiger partial charge in [-0.15, -0.1) is 0 Å².